The predicted octanol–water partition coefficient (Wildman–Crippen LogP) is 1.87. The molecular weight excluding hydrogens is 120 g/mol. The number of ether oxygens (including phenoxy) is 1. The molecule has 0 fully saturated rings. The van der Waals surface area contributed by atoms with Crippen LogP contribution in [-0.4, -0.2) is 6.16 Å². The zero-order chi connectivity index (χ0) is 7.11. The van der Waals surface area contributed by atoms with Crippen molar-refractivity contribution in [3.63, 3.8) is 0 Å². The molecule has 3 heteroatoms. The summed E-state index contributed by atoms with van der Waals surface area (Å²) in [5.41, 5.74) is 0. The number of rotatable bonds is 3. The molecule has 0 heterocycles. The van der Waals surface area contributed by atoms with Crippen molar-refractivity contribution < 1.29 is 14.6 Å². The fraction of sp³-hybridized carbons (Fsp3) is 0.500. The van der Waals surface area contributed by atoms with Gasteiger partial charge in [0.25, 0.3) is 0 Å². The van der Waals surface area contributed by atoms with Gasteiger partial charge in [-0.05, 0) is 12.5 Å². The van der Waals surface area contributed by atoms with Gasteiger partial charge in [0.05, 0.1) is 6.26 Å². The van der Waals surface area contributed by atoms with E-state index in [1.165, 1.54) is 0 Å². The molecule has 0 spiro atoms. The Labute approximate surface area is 53.9 Å². The molecule has 0 saturated heterocycles. The van der Waals surface area contributed by atoms with E-state index in [-0.39, 0.29) is 0 Å². The summed E-state index contributed by atoms with van der Waals surface area (Å²) < 4.78 is 3.97. The van der Waals surface area contributed by atoms with E-state index in [0.717, 1.165) is 19.1 Å². The first-order chi connectivity index (χ1) is 4.27. The second kappa shape index (κ2) is 5.15. The molecule has 0 aromatic carbocycles. The Bertz CT molecular complexity index is 107. The number of hydrogen-bond acceptors (Lipinski definition) is 2. The monoisotopic (exact) mass is 129 g/mol. The van der Waals surface area contributed by atoms with Crippen LogP contribution in [0.2, 0.25) is 0 Å². The van der Waals surface area contributed by atoms with E-state index in [0.29, 0.717) is 0 Å². The predicted molar refractivity (Wildman–Crippen MR) is 31.2 cm³/mol. The lowest BCUT2D eigenvalue weighted by Gasteiger charge is -1.84. The maximum atomic E-state index is 9.58. The first kappa shape index (κ1) is 8.01. The Morgan fingerprint density at radius 3 is 2.78 bits per heavy atom. The van der Waals surface area contributed by atoms with Crippen molar-refractivity contribution in [2.75, 3.05) is 0 Å². The highest BCUT2D eigenvalue weighted by molar-refractivity contribution is 5.57. The van der Waals surface area contributed by atoms with Crippen molar-refractivity contribution in [1.82, 2.24) is 0 Å². The first-order valence-electron chi connectivity index (χ1n) is 2.80. The average molecular weight is 129 g/mol. The minimum atomic E-state index is -1.51. The van der Waals surface area contributed by atoms with Crippen LogP contribution in [0.3, 0.4) is 0 Å². The molecule has 0 N–H and O–H groups in total. The van der Waals surface area contributed by atoms with E-state index in [2.05, 4.69) is 4.74 Å². The molecule has 0 saturated carbocycles. The van der Waals surface area contributed by atoms with Gasteiger partial charge >= 0.3 is 6.16 Å². The third kappa shape index (κ3) is 7.01. The summed E-state index contributed by atoms with van der Waals surface area (Å²) in [6, 6.07) is 0. The molecule has 9 heavy (non-hydrogen) atoms. The topological polar surface area (TPSA) is 46.2 Å². The third-order valence-electron chi connectivity index (χ3n) is 0.716. The third-order valence-corrected chi connectivity index (χ3v) is 0.716. The number of carbonyl (C=O) groups is 1. The Morgan fingerprint density at radius 2 is 2.33 bits per heavy atom. The number of allylic oxidation sites excluding steroid dienone is 1. The molecule has 0 aliphatic heterocycles. The van der Waals surface area contributed by atoms with Crippen molar-refractivity contribution in [1.29, 1.82) is 0 Å². The first-order valence-corrected chi connectivity index (χ1v) is 2.80. The van der Waals surface area contributed by atoms with Crippen LogP contribution in [0.25, 0.3) is 0 Å². The lowest BCUT2D eigenvalue weighted by atomic mass is 10.3. The molecular formula is C6H9O3. The summed E-state index contributed by atoms with van der Waals surface area (Å²) in [5, 5.41) is 9.58. The Kier molecular flexibility index (Phi) is 4.59. The van der Waals surface area contributed by atoms with E-state index >= 15 is 0 Å². The molecule has 0 aromatic heterocycles. The molecule has 51 valence electrons. The molecule has 0 aliphatic rings. The molecule has 0 bridgehead atoms. The fourth-order valence-corrected chi connectivity index (χ4v) is 0.338. The number of carbonyl (C=O) groups excluding carboxylic acids is 1. The van der Waals surface area contributed by atoms with Crippen LogP contribution in [0, 0.1) is 0 Å². The molecule has 0 unspecified atom stereocenters. The molecule has 0 aromatic rings. The second-order valence-electron chi connectivity index (χ2n) is 1.53. The molecule has 0 amide bonds. The second-order valence-corrected chi connectivity index (χ2v) is 1.53. The van der Waals surface area contributed by atoms with Crippen molar-refractivity contribution in [3.8, 4) is 0 Å². The van der Waals surface area contributed by atoms with Crippen LogP contribution in [0.4, 0.5) is 4.79 Å². The maximum Gasteiger partial charge on any atom is 0.555 e. The standard InChI is InChI=1S/C6H9O3/c1-2-3-4-5-9-6(7)8/h4-5H,2-3H2,1H3/b5-4+. The van der Waals surface area contributed by atoms with Crippen molar-refractivity contribution in [2.45, 2.75) is 19.8 Å². The number of unbranched alkanes of at least 4 members (excludes halogenated alkanes) is 1. The van der Waals surface area contributed by atoms with Crippen molar-refractivity contribution in [2.24, 2.45) is 0 Å². The molecule has 0 atom stereocenters. The summed E-state index contributed by atoms with van der Waals surface area (Å²) in [5.74, 6) is 0. The van der Waals surface area contributed by atoms with E-state index in [1.807, 2.05) is 6.92 Å². The Morgan fingerprint density at radius 1 is 1.67 bits per heavy atom. The minimum absolute atomic E-state index is 0.827. The van der Waals surface area contributed by atoms with E-state index < -0.39 is 6.16 Å². The zero-order valence-electron chi connectivity index (χ0n) is 5.29. The average Bonchev–Trinajstić information content (AvgIpc) is 1.80. The van der Waals surface area contributed by atoms with Gasteiger partial charge in [-0.25, -0.2) is 0 Å². The Hall–Kier alpha value is -0.990. The normalized spacial score (nSPS) is 9.89. The van der Waals surface area contributed by atoms with Crippen LogP contribution < -0.4 is 0 Å². The van der Waals surface area contributed by atoms with Gasteiger partial charge in [-0.15, -0.1) is 0 Å². The Balaban J connectivity index is 3.14. The summed E-state index contributed by atoms with van der Waals surface area (Å²) in [4.78, 5) is 9.58. The van der Waals surface area contributed by atoms with Gasteiger partial charge in [0, 0.05) is 0 Å². The van der Waals surface area contributed by atoms with Crippen LogP contribution in [0.15, 0.2) is 12.3 Å². The molecule has 0 rings (SSSR count). The van der Waals surface area contributed by atoms with Gasteiger partial charge in [-0.1, -0.05) is 13.3 Å². The van der Waals surface area contributed by atoms with E-state index in [4.69, 9.17) is 0 Å². The summed E-state index contributed by atoms with van der Waals surface area (Å²) in [7, 11) is 0. The van der Waals surface area contributed by atoms with Gasteiger partial charge in [0.1, 0.15) is 0 Å². The smallest absolute Gasteiger partial charge is 0.401 e. The van der Waals surface area contributed by atoms with Crippen LogP contribution in [0.1, 0.15) is 19.8 Å². The van der Waals surface area contributed by atoms with Crippen molar-refractivity contribution in [3.05, 3.63) is 12.3 Å². The zero-order valence-corrected chi connectivity index (χ0v) is 5.29. The highest BCUT2D eigenvalue weighted by atomic mass is 16.7. The maximum absolute atomic E-state index is 9.58. The fourth-order valence-electron chi connectivity index (χ4n) is 0.338. The number of hydrogen-bond donors (Lipinski definition) is 0. The molecule has 0 aliphatic carbocycles. The summed E-state index contributed by atoms with van der Waals surface area (Å²) in [6.45, 7) is 1.99. The lowest BCUT2D eigenvalue weighted by molar-refractivity contribution is 0.101. The van der Waals surface area contributed by atoms with Gasteiger partial charge in [0.2, 0.25) is 0 Å². The van der Waals surface area contributed by atoms with Crippen LogP contribution in [0.5, 0.6) is 0 Å². The highest BCUT2D eigenvalue weighted by Gasteiger charge is 1.91. The quantitative estimate of drug-likeness (QED) is 0.431. The van der Waals surface area contributed by atoms with Gasteiger partial charge in [0.15, 0.2) is 0 Å². The van der Waals surface area contributed by atoms with Crippen molar-refractivity contribution >= 4 is 6.16 Å². The highest BCUT2D eigenvalue weighted by Crippen LogP contribution is 1.88. The van der Waals surface area contributed by atoms with Crippen LogP contribution in [-0.2, 0) is 9.84 Å². The van der Waals surface area contributed by atoms with Gasteiger partial charge in [-0.3, -0.25) is 0 Å². The van der Waals surface area contributed by atoms with Crippen LogP contribution >= 0.6 is 0 Å². The van der Waals surface area contributed by atoms with Gasteiger partial charge < -0.3 is 4.74 Å². The molecule has 3 nitrogen and oxygen atoms in total. The SMILES string of the molecule is CCC/C=C/OC([O])=O. The summed E-state index contributed by atoms with van der Waals surface area (Å²) >= 11 is 0. The van der Waals surface area contributed by atoms with E-state index in [1.54, 1.807) is 6.08 Å². The van der Waals surface area contributed by atoms with Gasteiger partial charge in [-0.2, -0.15) is 9.90 Å². The molecule has 1 radical (unpaired) electrons. The lowest BCUT2D eigenvalue weighted by Crippen LogP contribution is -1.88. The van der Waals surface area contributed by atoms with E-state index in [9.17, 15) is 9.90 Å². The largest absolute Gasteiger partial charge is 0.555 e. The minimum Gasteiger partial charge on any atom is -0.401 e. The summed E-state index contributed by atoms with van der Waals surface area (Å²) in [6.07, 6.45) is 3.05.